The highest BCUT2D eigenvalue weighted by Gasteiger charge is 2.48. The summed E-state index contributed by atoms with van der Waals surface area (Å²) in [6.07, 6.45) is 0.846. The highest BCUT2D eigenvalue weighted by molar-refractivity contribution is 7.22. The van der Waals surface area contributed by atoms with E-state index < -0.39 is 29.3 Å². The predicted octanol–water partition coefficient (Wildman–Crippen LogP) is 5.33. The number of halogens is 1. The first-order valence-electron chi connectivity index (χ1n) is 10.6. The monoisotopic (exact) mass is 474 g/mol. The lowest BCUT2D eigenvalue weighted by molar-refractivity contribution is -0.132. The number of rotatable bonds is 4. The third-order valence-electron chi connectivity index (χ3n) is 5.83. The van der Waals surface area contributed by atoms with Gasteiger partial charge in [-0.25, -0.2) is 9.37 Å². The van der Waals surface area contributed by atoms with Crippen molar-refractivity contribution >= 4 is 44.1 Å². The summed E-state index contributed by atoms with van der Waals surface area (Å²) in [5.41, 5.74) is 2.41. The summed E-state index contributed by atoms with van der Waals surface area (Å²) in [6.45, 7) is 2.04. The molecule has 1 amide bonds. The van der Waals surface area contributed by atoms with Gasteiger partial charge in [-0.2, -0.15) is 0 Å². The van der Waals surface area contributed by atoms with E-state index in [2.05, 4.69) is 4.98 Å². The number of carbonyl (C=O) groups is 2. The fourth-order valence-corrected chi connectivity index (χ4v) is 5.10. The molecule has 1 aliphatic rings. The summed E-state index contributed by atoms with van der Waals surface area (Å²) in [4.78, 5) is 32.3. The van der Waals surface area contributed by atoms with E-state index in [4.69, 9.17) is 0 Å². The predicted molar refractivity (Wildman–Crippen MR) is 128 cm³/mol. The van der Waals surface area contributed by atoms with Crippen LogP contribution in [0.2, 0.25) is 0 Å². The van der Waals surface area contributed by atoms with Gasteiger partial charge in [-0.15, -0.1) is 0 Å². The highest BCUT2D eigenvalue weighted by atomic mass is 32.1. The lowest BCUT2D eigenvalue weighted by Gasteiger charge is -2.23. The lowest BCUT2D eigenvalue weighted by Crippen LogP contribution is -2.29. The van der Waals surface area contributed by atoms with Gasteiger partial charge in [0.25, 0.3) is 5.78 Å². The average Bonchev–Trinajstić information content (AvgIpc) is 3.37. The second-order valence-electron chi connectivity index (χ2n) is 7.92. The summed E-state index contributed by atoms with van der Waals surface area (Å²) < 4.78 is 14.3. The van der Waals surface area contributed by atoms with E-state index in [1.54, 1.807) is 12.1 Å². The van der Waals surface area contributed by atoms with Gasteiger partial charge in [0.05, 0.1) is 21.8 Å². The first-order chi connectivity index (χ1) is 16.4. The molecule has 0 bridgehead atoms. The van der Waals surface area contributed by atoms with Crippen molar-refractivity contribution in [2.45, 2.75) is 19.4 Å². The average molecular weight is 475 g/mol. The van der Waals surface area contributed by atoms with Gasteiger partial charge < -0.3 is 10.2 Å². The molecule has 1 aliphatic heterocycles. The molecular weight excluding hydrogens is 455 g/mol. The molecular formula is C26H19FN2O4S. The number of hydrogen-bond donors (Lipinski definition) is 2. The Labute approximate surface area is 198 Å². The van der Waals surface area contributed by atoms with E-state index in [9.17, 15) is 24.2 Å². The number of phenolic OH excluding ortho intramolecular Hbond substituents is 1. The van der Waals surface area contributed by atoms with Gasteiger partial charge >= 0.3 is 5.91 Å². The Morgan fingerprint density at radius 2 is 1.76 bits per heavy atom. The maximum absolute atomic E-state index is 13.4. The summed E-state index contributed by atoms with van der Waals surface area (Å²) in [7, 11) is 0. The molecule has 5 rings (SSSR count). The molecule has 2 heterocycles. The molecule has 3 aromatic carbocycles. The number of aryl methyl sites for hydroxylation is 1. The van der Waals surface area contributed by atoms with Crippen LogP contribution in [0.4, 0.5) is 9.52 Å². The second kappa shape index (κ2) is 8.39. The Morgan fingerprint density at radius 1 is 1.06 bits per heavy atom. The summed E-state index contributed by atoms with van der Waals surface area (Å²) >= 11 is 1.28. The molecule has 170 valence electrons. The molecule has 8 heteroatoms. The molecule has 4 aromatic rings. The minimum Gasteiger partial charge on any atom is -0.508 e. The van der Waals surface area contributed by atoms with Gasteiger partial charge in [0.1, 0.15) is 17.3 Å². The minimum atomic E-state index is -0.975. The van der Waals surface area contributed by atoms with Crippen molar-refractivity contribution in [1.82, 2.24) is 4.98 Å². The van der Waals surface area contributed by atoms with Crippen LogP contribution in [0.1, 0.15) is 29.7 Å². The number of Topliss-reactive ketones (excluding diaryl/α,β-unsaturated/α-hetero) is 1. The molecule has 0 radical (unpaired) electrons. The Morgan fingerprint density at radius 3 is 2.44 bits per heavy atom. The fourth-order valence-electron chi connectivity index (χ4n) is 4.04. The zero-order chi connectivity index (χ0) is 24.0. The van der Waals surface area contributed by atoms with Gasteiger partial charge in [-0.1, -0.05) is 36.5 Å². The van der Waals surface area contributed by atoms with E-state index in [0.717, 1.165) is 16.7 Å². The van der Waals surface area contributed by atoms with Crippen molar-refractivity contribution in [3.05, 3.63) is 94.8 Å². The van der Waals surface area contributed by atoms with Crippen molar-refractivity contribution in [2.24, 2.45) is 0 Å². The molecule has 1 fully saturated rings. The Bertz CT molecular complexity index is 1460. The van der Waals surface area contributed by atoms with E-state index in [1.165, 1.54) is 52.6 Å². The van der Waals surface area contributed by atoms with Crippen LogP contribution in [0.15, 0.2) is 72.3 Å². The van der Waals surface area contributed by atoms with Crippen LogP contribution < -0.4 is 4.90 Å². The standard InChI is InChI=1S/C26H19FN2O4S/c1-2-14-3-12-19-20(13-14)34-26(28-19)29-22(15-6-10-18(30)11-7-15)21(24(32)25(29)33)23(31)16-4-8-17(27)9-5-16/h3-13,22,30-31H,2H2,1H3/b23-21+/t22-/m1/s1. The molecule has 0 spiro atoms. The SMILES string of the molecule is CCc1ccc2nc(N3C(=O)C(=O)/C(=C(/O)c4ccc(F)cc4)[C@H]3c3ccc(O)cc3)sc2c1. The minimum absolute atomic E-state index is 0.0197. The van der Waals surface area contributed by atoms with Crippen molar-refractivity contribution in [1.29, 1.82) is 0 Å². The van der Waals surface area contributed by atoms with Crippen LogP contribution in [0.5, 0.6) is 5.75 Å². The normalized spacial score (nSPS) is 17.6. The number of aliphatic hydroxyl groups excluding tert-OH is 1. The third-order valence-corrected chi connectivity index (χ3v) is 6.84. The first kappa shape index (κ1) is 21.8. The topological polar surface area (TPSA) is 90.7 Å². The summed E-state index contributed by atoms with van der Waals surface area (Å²) in [5, 5.41) is 21.1. The Hall–Kier alpha value is -4.04. The Balaban J connectivity index is 1.71. The molecule has 1 saturated heterocycles. The number of fused-ring (bicyclic) bond motifs is 1. The molecule has 1 aromatic heterocycles. The fraction of sp³-hybridized carbons (Fsp3) is 0.115. The van der Waals surface area contributed by atoms with Crippen molar-refractivity contribution in [3.8, 4) is 5.75 Å². The van der Waals surface area contributed by atoms with Gasteiger partial charge in [-0.05, 0) is 66.1 Å². The van der Waals surface area contributed by atoms with Crippen molar-refractivity contribution < 1.29 is 24.2 Å². The molecule has 0 aliphatic carbocycles. The number of anilines is 1. The molecule has 6 nitrogen and oxygen atoms in total. The van der Waals surface area contributed by atoms with E-state index in [-0.39, 0.29) is 16.9 Å². The van der Waals surface area contributed by atoms with Gasteiger partial charge in [0.2, 0.25) is 0 Å². The number of aromatic nitrogens is 1. The number of thiazole rings is 1. The number of aromatic hydroxyl groups is 1. The Kier molecular flexibility index (Phi) is 5.37. The van der Waals surface area contributed by atoms with Crippen molar-refractivity contribution in [3.63, 3.8) is 0 Å². The smallest absolute Gasteiger partial charge is 0.301 e. The zero-order valence-corrected chi connectivity index (χ0v) is 18.8. The van der Waals surface area contributed by atoms with Crippen LogP contribution in [0, 0.1) is 5.82 Å². The van der Waals surface area contributed by atoms with Gasteiger partial charge in [0.15, 0.2) is 5.13 Å². The number of phenols is 1. The van der Waals surface area contributed by atoms with Gasteiger partial charge in [0, 0.05) is 5.56 Å². The second-order valence-corrected chi connectivity index (χ2v) is 8.93. The van der Waals surface area contributed by atoms with E-state index in [1.807, 2.05) is 25.1 Å². The molecule has 0 unspecified atom stereocenters. The number of nitrogens with zero attached hydrogens (tertiary/aromatic N) is 2. The van der Waals surface area contributed by atoms with Crippen LogP contribution in [0.25, 0.3) is 16.0 Å². The molecule has 0 saturated carbocycles. The maximum Gasteiger partial charge on any atom is 0.301 e. The molecule has 1 atom stereocenters. The number of amides is 1. The zero-order valence-electron chi connectivity index (χ0n) is 18.0. The number of hydrogen-bond acceptors (Lipinski definition) is 6. The van der Waals surface area contributed by atoms with Crippen molar-refractivity contribution in [2.75, 3.05) is 4.90 Å². The van der Waals surface area contributed by atoms with E-state index in [0.29, 0.717) is 16.2 Å². The number of carbonyl (C=O) groups excluding carboxylic acids is 2. The molecule has 2 N–H and O–H groups in total. The number of aliphatic hydroxyl groups is 1. The largest absolute Gasteiger partial charge is 0.508 e. The number of benzene rings is 3. The van der Waals surface area contributed by atoms with Gasteiger partial charge in [-0.3, -0.25) is 14.5 Å². The number of ketones is 1. The van der Waals surface area contributed by atoms with Crippen LogP contribution in [-0.2, 0) is 16.0 Å². The van der Waals surface area contributed by atoms with E-state index >= 15 is 0 Å². The quantitative estimate of drug-likeness (QED) is 0.237. The van der Waals surface area contributed by atoms with Crippen LogP contribution in [0.3, 0.4) is 0 Å². The molecule has 34 heavy (non-hydrogen) atoms. The van der Waals surface area contributed by atoms with Crippen LogP contribution in [-0.4, -0.2) is 26.9 Å². The lowest BCUT2D eigenvalue weighted by atomic mass is 9.95. The highest BCUT2D eigenvalue weighted by Crippen LogP contribution is 2.44. The maximum atomic E-state index is 13.4. The first-order valence-corrected chi connectivity index (χ1v) is 11.4. The third kappa shape index (κ3) is 3.62. The summed E-state index contributed by atoms with van der Waals surface area (Å²) in [6, 6.07) is 15.9. The van der Waals surface area contributed by atoms with Crippen LogP contribution >= 0.6 is 11.3 Å². The summed E-state index contributed by atoms with van der Waals surface area (Å²) in [5.74, 6) is -2.57.